The van der Waals surface area contributed by atoms with Crippen molar-refractivity contribution in [3.63, 3.8) is 0 Å². The van der Waals surface area contributed by atoms with Gasteiger partial charge in [-0.15, -0.1) is 0 Å². The molecule has 17 atom stereocenters. The lowest BCUT2D eigenvalue weighted by Gasteiger charge is -2.48. The fraction of sp³-hybridized carbons (Fsp3) is 0.914. The number of rotatable bonds is 44. The molecule has 0 spiro atoms. The lowest BCUT2D eigenvalue weighted by atomic mass is 9.96. The molecule has 3 rings (SSSR count). The van der Waals surface area contributed by atoms with Crippen LogP contribution in [-0.2, 0) is 33.2 Å². The fourth-order valence-corrected chi connectivity index (χ4v) is 10.3. The minimum atomic E-state index is -1.97. The second kappa shape index (κ2) is 42.1. The van der Waals surface area contributed by atoms with Gasteiger partial charge in [0.1, 0.15) is 73.2 Å². The summed E-state index contributed by atoms with van der Waals surface area (Å²) in [5.41, 5.74) is 0. The maximum absolute atomic E-state index is 13.3. The molecule has 3 aliphatic rings. The molecule has 19 heteroatoms. The van der Waals surface area contributed by atoms with Gasteiger partial charge in [-0.05, 0) is 38.5 Å². The number of unbranched alkanes of at least 4 members (excludes halogenated alkanes) is 24. The second-order valence-electron chi connectivity index (χ2n) is 21.8. The third-order valence-corrected chi connectivity index (χ3v) is 15.3. The minimum absolute atomic E-state index is 0.251. The van der Waals surface area contributed by atoms with Crippen molar-refractivity contribution in [1.82, 2.24) is 5.32 Å². The Bertz CT molecular complexity index is 1510. The Morgan fingerprint density at radius 3 is 1.36 bits per heavy atom. The molecule has 0 aliphatic carbocycles. The van der Waals surface area contributed by atoms with Crippen molar-refractivity contribution in [3.05, 3.63) is 24.3 Å². The van der Waals surface area contributed by atoms with Crippen molar-refractivity contribution in [2.45, 2.75) is 311 Å². The van der Waals surface area contributed by atoms with Gasteiger partial charge in [-0.25, -0.2) is 0 Å². The summed E-state index contributed by atoms with van der Waals surface area (Å²) in [4.78, 5) is 13.3. The fourth-order valence-electron chi connectivity index (χ4n) is 10.3. The first-order valence-corrected chi connectivity index (χ1v) is 30.1. The molecule has 1 amide bonds. The number of hydrogen-bond acceptors (Lipinski definition) is 18. The monoisotopic (exact) mass is 1110 g/mol. The van der Waals surface area contributed by atoms with Gasteiger partial charge in [0.2, 0.25) is 5.91 Å². The molecule has 0 bridgehead atoms. The zero-order chi connectivity index (χ0) is 56.2. The van der Waals surface area contributed by atoms with Crippen LogP contribution < -0.4 is 5.32 Å². The first-order valence-electron chi connectivity index (χ1n) is 30.1. The zero-order valence-electron chi connectivity index (χ0n) is 46.9. The van der Waals surface area contributed by atoms with Crippen LogP contribution in [0.3, 0.4) is 0 Å². The Morgan fingerprint density at radius 2 is 0.870 bits per heavy atom. The SMILES string of the molecule is CCCC/C=C\C/C=C\CCCCCCCC(=O)NC(COC1OC(CO)C(OC2OC(CO)C(OC3OC(CO)C(O)C(O)C3O)C(O)C2O)C(O)C1O)C(O)CCCCCCCCCCCCCCCCCCCC. The molecular weight excluding hydrogens is 999 g/mol. The van der Waals surface area contributed by atoms with E-state index in [1.165, 1.54) is 103 Å². The van der Waals surface area contributed by atoms with E-state index < -0.39 is 124 Å². The largest absolute Gasteiger partial charge is 0.394 e. The Labute approximate surface area is 460 Å². The maximum Gasteiger partial charge on any atom is 0.220 e. The summed E-state index contributed by atoms with van der Waals surface area (Å²) < 4.78 is 34.3. The van der Waals surface area contributed by atoms with Crippen LogP contribution in [0.2, 0.25) is 0 Å². The molecule has 0 saturated carbocycles. The molecule has 12 N–H and O–H groups in total. The van der Waals surface area contributed by atoms with Gasteiger partial charge in [0.05, 0.1) is 38.6 Å². The minimum Gasteiger partial charge on any atom is -0.394 e. The number of ether oxygens (including phenoxy) is 6. The van der Waals surface area contributed by atoms with Gasteiger partial charge in [0.25, 0.3) is 0 Å². The van der Waals surface area contributed by atoms with E-state index in [0.29, 0.717) is 12.8 Å². The van der Waals surface area contributed by atoms with Gasteiger partial charge in [-0.2, -0.15) is 0 Å². The number of nitrogens with one attached hydrogen (secondary N) is 1. The van der Waals surface area contributed by atoms with E-state index in [9.17, 15) is 61.0 Å². The van der Waals surface area contributed by atoms with Crippen molar-refractivity contribution in [2.75, 3.05) is 26.4 Å². The van der Waals surface area contributed by atoms with Gasteiger partial charge in [-0.3, -0.25) is 4.79 Å². The van der Waals surface area contributed by atoms with E-state index in [1.807, 2.05) is 0 Å². The van der Waals surface area contributed by atoms with Gasteiger partial charge < -0.3 is 89.9 Å². The van der Waals surface area contributed by atoms with E-state index in [-0.39, 0.29) is 18.9 Å². The zero-order valence-corrected chi connectivity index (χ0v) is 46.9. The Morgan fingerprint density at radius 1 is 0.468 bits per heavy atom. The smallest absolute Gasteiger partial charge is 0.220 e. The van der Waals surface area contributed by atoms with Crippen molar-refractivity contribution in [2.24, 2.45) is 0 Å². The maximum atomic E-state index is 13.3. The highest BCUT2D eigenvalue weighted by molar-refractivity contribution is 5.76. The normalized spacial score (nSPS) is 30.8. The van der Waals surface area contributed by atoms with Crippen LogP contribution in [0.4, 0.5) is 0 Å². The van der Waals surface area contributed by atoms with Crippen LogP contribution in [0.15, 0.2) is 24.3 Å². The molecule has 452 valence electrons. The van der Waals surface area contributed by atoms with Crippen molar-refractivity contribution >= 4 is 5.91 Å². The van der Waals surface area contributed by atoms with Gasteiger partial charge >= 0.3 is 0 Å². The molecule has 0 radical (unpaired) electrons. The summed E-state index contributed by atoms with van der Waals surface area (Å²) >= 11 is 0. The summed E-state index contributed by atoms with van der Waals surface area (Å²) in [5, 5.41) is 120. The van der Waals surface area contributed by atoms with Crippen LogP contribution in [0.5, 0.6) is 0 Å². The van der Waals surface area contributed by atoms with Crippen molar-refractivity contribution < 1.29 is 89.4 Å². The lowest BCUT2D eigenvalue weighted by molar-refractivity contribution is -0.379. The summed E-state index contributed by atoms with van der Waals surface area (Å²) in [6.45, 7) is 1.74. The Hall–Kier alpha value is -1.73. The topological polar surface area (TPSA) is 307 Å². The quantitative estimate of drug-likeness (QED) is 0.0277. The molecule has 19 nitrogen and oxygen atoms in total. The summed E-state index contributed by atoms with van der Waals surface area (Å²) in [7, 11) is 0. The predicted molar refractivity (Wildman–Crippen MR) is 291 cm³/mol. The number of amides is 1. The van der Waals surface area contributed by atoms with Crippen LogP contribution in [0, 0.1) is 0 Å². The highest BCUT2D eigenvalue weighted by atomic mass is 16.8. The van der Waals surface area contributed by atoms with E-state index in [1.54, 1.807) is 0 Å². The number of carbonyl (C=O) groups is 1. The molecule has 0 aromatic carbocycles. The molecule has 3 fully saturated rings. The average molecular weight is 1110 g/mol. The number of allylic oxidation sites excluding steroid dienone is 4. The average Bonchev–Trinajstić information content (AvgIpc) is 3.42. The molecule has 0 aromatic heterocycles. The molecular formula is C58H107NO18. The van der Waals surface area contributed by atoms with Crippen molar-refractivity contribution in [1.29, 1.82) is 0 Å². The first kappa shape index (κ1) is 69.5. The van der Waals surface area contributed by atoms with Crippen LogP contribution in [0.25, 0.3) is 0 Å². The summed E-state index contributed by atoms with van der Waals surface area (Å²) in [5.74, 6) is -0.257. The Balaban J connectivity index is 1.50. The molecule has 3 heterocycles. The van der Waals surface area contributed by atoms with E-state index in [0.717, 1.165) is 70.6 Å². The highest BCUT2D eigenvalue weighted by Crippen LogP contribution is 2.33. The molecule has 3 aliphatic heterocycles. The van der Waals surface area contributed by atoms with Gasteiger partial charge in [-0.1, -0.05) is 186 Å². The third kappa shape index (κ3) is 26.4. The summed E-state index contributed by atoms with van der Waals surface area (Å²) in [6, 6.07) is -0.892. The number of carbonyl (C=O) groups excluding carboxylic acids is 1. The van der Waals surface area contributed by atoms with Crippen molar-refractivity contribution in [3.8, 4) is 0 Å². The number of hydrogen-bond donors (Lipinski definition) is 12. The molecule has 3 saturated heterocycles. The standard InChI is InChI=1S/C58H107NO18/c1-3-5-7-9-11-13-15-17-19-20-21-22-23-25-27-29-31-33-35-42(63)41(59-46(64)36-34-32-30-28-26-24-18-16-14-12-10-8-6-4-2)40-72-56-52(70)49(67)54(44(38-61)74-56)77-58-53(71)50(68)55(45(39-62)75-58)76-57-51(69)48(66)47(65)43(37-60)73-57/h10,12,16,18,41-45,47-58,60-63,65-71H,3-9,11,13-15,17,19-40H2,1-2H3,(H,59,64)/b12-10-,18-16-. The van der Waals surface area contributed by atoms with E-state index >= 15 is 0 Å². The molecule has 17 unspecified atom stereocenters. The van der Waals surface area contributed by atoms with Gasteiger partial charge in [0.15, 0.2) is 18.9 Å². The summed E-state index contributed by atoms with van der Waals surface area (Å²) in [6.07, 6.45) is 15.4. The number of aliphatic hydroxyl groups is 11. The van der Waals surface area contributed by atoms with Crippen LogP contribution in [-0.4, -0.2) is 193 Å². The van der Waals surface area contributed by atoms with Gasteiger partial charge in [0, 0.05) is 6.42 Å². The van der Waals surface area contributed by atoms with E-state index in [2.05, 4.69) is 43.5 Å². The van der Waals surface area contributed by atoms with Crippen LogP contribution in [0.1, 0.15) is 206 Å². The molecule has 77 heavy (non-hydrogen) atoms. The number of aliphatic hydroxyl groups excluding tert-OH is 11. The van der Waals surface area contributed by atoms with E-state index in [4.69, 9.17) is 28.4 Å². The predicted octanol–water partition coefficient (Wildman–Crippen LogP) is 5.15. The molecule has 0 aromatic rings. The second-order valence-corrected chi connectivity index (χ2v) is 21.8. The van der Waals surface area contributed by atoms with Crippen LogP contribution >= 0.6 is 0 Å². The first-order chi connectivity index (χ1) is 37.3. The Kier molecular flexibility index (Phi) is 38.1. The lowest BCUT2D eigenvalue weighted by Crippen LogP contribution is -2.66. The highest BCUT2D eigenvalue weighted by Gasteiger charge is 2.53. The third-order valence-electron chi connectivity index (χ3n) is 15.3.